The van der Waals surface area contributed by atoms with E-state index < -0.39 is 6.29 Å². The summed E-state index contributed by atoms with van der Waals surface area (Å²) in [5.41, 5.74) is 0.977. The summed E-state index contributed by atoms with van der Waals surface area (Å²) in [7, 11) is 3.03. The van der Waals surface area contributed by atoms with E-state index in [1.807, 2.05) is 0 Å². The van der Waals surface area contributed by atoms with Crippen LogP contribution >= 0.6 is 0 Å². The third-order valence-corrected chi connectivity index (χ3v) is 3.53. The molecule has 0 atom stereocenters. The van der Waals surface area contributed by atoms with Crippen LogP contribution in [0.4, 0.5) is 14.5 Å². The van der Waals surface area contributed by atoms with Crippen molar-refractivity contribution in [1.82, 2.24) is 0 Å². The molecule has 2 aromatic carbocycles. The molecule has 3 rings (SSSR count). The standard InChI is InChI=1S/C17H15F2NO5/c1-22-12-5-3-10(14(9-12)23-2)7-16(21)20-11-4-6-13-15(8-11)25-17(18,19)24-13/h3-6,8-9H,7H2,1-2H3,(H,20,21). The number of benzene rings is 2. The number of fused-ring (bicyclic) bond motifs is 1. The summed E-state index contributed by atoms with van der Waals surface area (Å²) in [5.74, 6) is 0.566. The maximum atomic E-state index is 13.0. The van der Waals surface area contributed by atoms with E-state index in [4.69, 9.17) is 9.47 Å². The monoisotopic (exact) mass is 351 g/mol. The van der Waals surface area contributed by atoms with E-state index in [2.05, 4.69) is 14.8 Å². The van der Waals surface area contributed by atoms with Gasteiger partial charge in [0.25, 0.3) is 0 Å². The number of amides is 1. The average molecular weight is 351 g/mol. The average Bonchev–Trinajstić information content (AvgIpc) is 2.88. The first kappa shape index (κ1) is 16.8. The molecule has 0 saturated carbocycles. The zero-order chi connectivity index (χ0) is 18.0. The van der Waals surface area contributed by atoms with Gasteiger partial charge >= 0.3 is 6.29 Å². The molecule has 1 aliphatic rings. The fourth-order valence-electron chi connectivity index (χ4n) is 2.40. The summed E-state index contributed by atoms with van der Waals surface area (Å²) >= 11 is 0. The molecule has 8 heteroatoms. The molecule has 0 saturated heterocycles. The van der Waals surface area contributed by atoms with Gasteiger partial charge in [-0.25, -0.2) is 0 Å². The number of carbonyl (C=O) groups excluding carboxylic acids is 1. The van der Waals surface area contributed by atoms with Crippen molar-refractivity contribution in [2.75, 3.05) is 19.5 Å². The molecule has 0 radical (unpaired) electrons. The highest BCUT2D eigenvalue weighted by atomic mass is 19.3. The minimum absolute atomic E-state index is 0.0395. The predicted octanol–water partition coefficient (Wildman–Crippen LogP) is 3.21. The molecule has 132 valence electrons. The van der Waals surface area contributed by atoms with Crippen molar-refractivity contribution in [3.05, 3.63) is 42.0 Å². The molecular formula is C17H15F2NO5. The molecule has 1 aliphatic heterocycles. The van der Waals surface area contributed by atoms with Crippen LogP contribution < -0.4 is 24.3 Å². The summed E-state index contributed by atoms with van der Waals surface area (Å²) in [4.78, 5) is 12.2. The fraction of sp³-hybridized carbons (Fsp3) is 0.235. The van der Waals surface area contributed by atoms with Crippen molar-refractivity contribution >= 4 is 11.6 Å². The largest absolute Gasteiger partial charge is 0.586 e. The van der Waals surface area contributed by atoms with Gasteiger partial charge in [0.05, 0.1) is 20.6 Å². The van der Waals surface area contributed by atoms with Gasteiger partial charge in [0.15, 0.2) is 11.5 Å². The van der Waals surface area contributed by atoms with E-state index in [1.165, 1.54) is 32.4 Å². The Labute approximate surface area is 142 Å². The van der Waals surface area contributed by atoms with Crippen LogP contribution in [-0.2, 0) is 11.2 Å². The molecule has 0 aromatic heterocycles. The second-order valence-corrected chi connectivity index (χ2v) is 5.23. The Morgan fingerprint density at radius 3 is 2.56 bits per heavy atom. The number of rotatable bonds is 5. The minimum atomic E-state index is -3.69. The maximum absolute atomic E-state index is 13.0. The van der Waals surface area contributed by atoms with Crippen molar-refractivity contribution in [3.8, 4) is 23.0 Å². The summed E-state index contributed by atoms with van der Waals surface area (Å²) in [6.45, 7) is 0. The van der Waals surface area contributed by atoms with E-state index in [-0.39, 0.29) is 23.8 Å². The molecule has 1 amide bonds. The molecule has 0 bridgehead atoms. The second kappa shape index (κ2) is 6.46. The number of anilines is 1. The van der Waals surface area contributed by atoms with Crippen LogP contribution in [0.2, 0.25) is 0 Å². The van der Waals surface area contributed by atoms with Gasteiger partial charge < -0.3 is 24.3 Å². The lowest BCUT2D eigenvalue weighted by Crippen LogP contribution is -2.25. The molecule has 1 N–H and O–H groups in total. The van der Waals surface area contributed by atoms with Gasteiger partial charge in [-0.15, -0.1) is 8.78 Å². The van der Waals surface area contributed by atoms with Gasteiger partial charge in [0.1, 0.15) is 11.5 Å². The number of hydrogen-bond acceptors (Lipinski definition) is 5. The van der Waals surface area contributed by atoms with E-state index in [9.17, 15) is 13.6 Å². The van der Waals surface area contributed by atoms with Crippen molar-refractivity contribution in [2.24, 2.45) is 0 Å². The van der Waals surface area contributed by atoms with Gasteiger partial charge in [-0.1, -0.05) is 6.07 Å². The fourth-order valence-corrected chi connectivity index (χ4v) is 2.40. The first-order chi connectivity index (χ1) is 11.9. The molecule has 25 heavy (non-hydrogen) atoms. The lowest BCUT2D eigenvalue weighted by Gasteiger charge is -2.11. The van der Waals surface area contributed by atoms with Crippen LogP contribution in [0.5, 0.6) is 23.0 Å². The van der Waals surface area contributed by atoms with Gasteiger partial charge in [-0.2, -0.15) is 0 Å². The van der Waals surface area contributed by atoms with Crippen LogP contribution in [0.1, 0.15) is 5.56 Å². The number of ether oxygens (including phenoxy) is 4. The zero-order valence-electron chi connectivity index (χ0n) is 13.5. The maximum Gasteiger partial charge on any atom is 0.586 e. The summed E-state index contributed by atoms with van der Waals surface area (Å²) < 4.78 is 45.0. The molecule has 0 spiro atoms. The summed E-state index contributed by atoms with van der Waals surface area (Å²) in [6, 6.07) is 9.14. The van der Waals surface area contributed by atoms with Gasteiger partial charge in [0.2, 0.25) is 5.91 Å². The second-order valence-electron chi connectivity index (χ2n) is 5.23. The molecule has 6 nitrogen and oxygen atoms in total. The van der Waals surface area contributed by atoms with Gasteiger partial charge in [0, 0.05) is 23.4 Å². The highest BCUT2D eigenvalue weighted by Gasteiger charge is 2.43. The Bertz CT molecular complexity index is 810. The number of hydrogen-bond donors (Lipinski definition) is 1. The van der Waals surface area contributed by atoms with Crippen molar-refractivity contribution in [2.45, 2.75) is 12.7 Å². The quantitative estimate of drug-likeness (QED) is 0.896. The van der Waals surface area contributed by atoms with Gasteiger partial charge in [-0.3, -0.25) is 4.79 Å². The van der Waals surface area contributed by atoms with E-state index >= 15 is 0 Å². The molecule has 1 heterocycles. The SMILES string of the molecule is COc1ccc(CC(=O)Nc2ccc3c(c2)OC(F)(F)O3)c(OC)c1. The normalized spacial score (nSPS) is 14.1. The van der Waals surface area contributed by atoms with Crippen LogP contribution in [0.15, 0.2) is 36.4 Å². The van der Waals surface area contributed by atoms with E-state index in [1.54, 1.807) is 18.2 Å². The van der Waals surface area contributed by atoms with Crippen LogP contribution in [0.25, 0.3) is 0 Å². The Balaban J connectivity index is 1.70. The highest BCUT2D eigenvalue weighted by molar-refractivity contribution is 5.93. The summed E-state index contributed by atoms with van der Waals surface area (Å²) in [5, 5.41) is 2.62. The predicted molar refractivity (Wildman–Crippen MR) is 84.5 cm³/mol. The third kappa shape index (κ3) is 3.73. The number of alkyl halides is 2. The first-order valence-electron chi connectivity index (χ1n) is 7.31. The van der Waals surface area contributed by atoms with E-state index in [0.717, 1.165) is 0 Å². The lowest BCUT2D eigenvalue weighted by atomic mass is 10.1. The lowest BCUT2D eigenvalue weighted by molar-refractivity contribution is -0.286. The zero-order valence-corrected chi connectivity index (χ0v) is 13.5. The first-order valence-corrected chi connectivity index (χ1v) is 7.31. The van der Waals surface area contributed by atoms with Crippen molar-refractivity contribution in [3.63, 3.8) is 0 Å². The Morgan fingerprint density at radius 1 is 1.08 bits per heavy atom. The Morgan fingerprint density at radius 2 is 1.84 bits per heavy atom. The number of halogens is 2. The topological polar surface area (TPSA) is 66.0 Å². The molecule has 0 aliphatic carbocycles. The number of nitrogens with one attached hydrogen (secondary N) is 1. The summed E-state index contributed by atoms with van der Waals surface area (Å²) in [6.07, 6.45) is -3.65. The van der Waals surface area contributed by atoms with E-state index in [0.29, 0.717) is 22.7 Å². The van der Waals surface area contributed by atoms with Crippen LogP contribution in [0.3, 0.4) is 0 Å². The van der Waals surface area contributed by atoms with Crippen LogP contribution in [0, 0.1) is 0 Å². The van der Waals surface area contributed by atoms with Crippen LogP contribution in [-0.4, -0.2) is 26.4 Å². The molecule has 0 unspecified atom stereocenters. The number of carbonyl (C=O) groups is 1. The Hall–Kier alpha value is -3.03. The minimum Gasteiger partial charge on any atom is -0.497 e. The molecular weight excluding hydrogens is 336 g/mol. The molecule has 2 aromatic rings. The van der Waals surface area contributed by atoms with Crippen molar-refractivity contribution < 1.29 is 32.5 Å². The third-order valence-electron chi connectivity index (χ3n) is 3.53. The Kier molecular flexibility index (Phi) is 4.35. The van der Waals surface area contributed by atoms with Crippen molar-refractivity contribution in [1.29, 1.82) is 0 Å². The number of methoxy groups -OCH3 is 2. The smallest absolute Gasteiger partial charge is 0.497 e. The highest BCUT2D eigenvalue weighted by Crippen LogP contribution is 2.42. The molecule has 0 fully saturated rings. The van der Waals surface area contributed by atoms with Gasteiger partial charge in [-0.05, 0) is 18.2 Å².